The van der Waals surface area contributed by atoms with Crippen LogP contribution in [0.3, 0.4) is 0 Å². The largest absolute Gasteiger partial charge is 0.356 e. The Morgan fingerprint density at radius 1 is 1.43 bits per heavy atom. The third kappa shape index (κ3) is 3.42. The van der Waals surface area contributed by atoms with Gasteiger partial charge >= 0.3 is 0 Å². The van der Waals surface area contributed by atoms with Crippen LogP contribution in [0.5, 0.6) is 0 Å². The van der Waals surface area contributed by atoms with E-state index < -0.39 is 12.1 Å². The zero-order valence-corrected chi connectivity index (χ0v) is 12.7. The number of nitrogens with one attached hydrogen (secondary N) is 1. The molecule has 5 heteroatoms. The van der Waals surface area contributed by atoms with Crippen molar-refractivity contribution in [2.75, 3.05) is 13.7 Å². The molecule has 2 amide bonds. The molecule has 1 saturated heterocycles. The van der Waals surface area contributed by atoms with Crippen molar-refractivity contribution in [3.05, 3.63) is 35.9 Å². The molecule has 0 unspecified atom stereocenters. The lowest BCUT2D eigenvalue weighted by atomic mass is 9.97. The number of nitrogens with zero attached hydrogens (tertiary/aromatic N) is 1. The van der Waals surface area contributed by atoms with Gasteiger partial charge in [0.25, 0.3) is 5.91 Å². The monoisotopic (exact) mass is 290 g/mol. The average Bonchev–Trinajstić information content (AvgIpc) is 2.50. The third-order valence-corrected chi connectivity index (χ3v) is 3.88. The minimum absolute atomic E-state index is 0.0571. The molecular formula is C16H22N2O3. The molecule has 1 aliphatic heterocycles. The van der Waals surface area contributed by atoms with Gasteiger partial charge < -0.3 is 15.0 Å². The normalized spacial score (nSPS) is 23.8. The van der Waals surface area contributed by atoms with Crippen molar-refractivity contribution in [2.24, 2.45) is 0 Å². The van der Waals surface area contributed by atoms with Gasteiger partial charge in [-0.25, -0.2) is 0 Å². The molecule has 0 aromatic heterocycles. The minimum atomic E-state index is -0.677. The van der Waals surface area contributed by atoms with Crippen LogP contribution in [0.1, 0.15) is 31.9 Å². The van der Waals surface area contributed by atoms with E-state index in [4.69, 9.17) is 4.74 Å². The molecule has 2 rings (SSSR count). The zero-order chi connectivity index (χ0) is 15.4. The first-order chi connectivity index (χ1) is 10.0. The van der Waals surface area contributed by atoms with Crippen molar-refractivity contribution in [1.29, 1.82) is 0 Å². The topological polar surface area (TPSA) is 58.6 Å². The van der Waals surface area contributed by atoms with E-state index in [1.54, 1.807) is 11.9 Å². The highest BCUT2D eigenvalue weighted by Gasteiger charge is 2.40. The molecule has 1 aromatic rings. The third-order valence-electron chi connectivity index (χ3n) is 3.88. The minimum Gasteiger partial charge on any atom is -0.356 e. The SMILES string of the molecule is CC[C@H](C)NC(=O)[C@H]1OCC(=O)N(C)[C@@H]1c1ccccc1. The summed E-state index contributed by atoms with van der Waals surface area (Å²) in [6.07, 6.45) is 0.174. The summed E-state index contributed by atoms with van der Waals surface area (Å²) in [5, 5.41) is 2.93. The molecule has 1 N–H and O–H groups in total. The highest BCUT2D eigenvalue weighted by atomic mass is 16.5. The lowest BCUT2D eigenvalue weighted by molar-refractivity contribution is -0.162. The molecule has 0 spiro atoms. The van der Waals surface area contributed by atoms with Crippen molar-refractivity contribution in [2.45, 2.75) is 38.5 Å². The van der Waals surface area contributed by atoms with Gasteiger partial charge in [-0.3, -0.25) is 9.59 Å². The van der Waals surface area contributed by atoms with Crippen LogP contribution >= 0.6 is 0 Å². The summed E-state index contributed by atoms with van der Waals surface area (Å²) in [7, 11) is 1.71. The van der Waals surface area contributed by atoms with Gasteiger partial charge in [0.2, 0.25) is 5.91 Å². The van der Waals surface area contributed by atoms with E-state index in [1.807, 2.05) is 44.2 Å². The van der Waals surface area contributed by atoms with Crippen molar-refractivity contribution < 1.29 is 14.3 Å². The molecule has 0 saturated carbocycles. The second kappa shape index (κ2) is 6.72. The quantitative estimate of drug-likeness (QED) is 0.914. The van der Waals surface area contributed by atoms with Gasteiger partial charge in [0, 0.05) is 13.1 Å². The second-order valence-electron chi connectivity index (χ2n) is 5.41. The zero-order valence-electron chi connectivity index (χ0n) is 12.7. The van der Waals surface area contributed by atoms with E-state index in [-0.39, 0.29) is 24.5 Å². The van der Waals surface area contributed by atoms with Crippen molar-refractivity contribution in [3.8, 4) is 0 Å². The fourth-order valence-corrected chi connectivity index (χ4v) is 2.41. The fourth-order valence-electron chi connectivity index (χ4n) is 2.41. The molecular weight excluding hydrogens is 268 g/mol. The number of hydrogen-bond donors (Lipinski definition) is 1. The Balaban J connectivity index is 2.25. The molecule has 21 heavy (non-hydrogen) atoms. The first kappa shape index (κ1) is 15.5. The molecule has 3 atom stereocenters. The number of carbonyl (C=O) groups is 2. The Bertz CT molecular complexity index is 504. The summed E-state index contributed by atoms with van der Waals surface area (Å²) in [4.78, 5) is 25.9. The van der Waals surface area contributed by atoms with Crippen LogP contribution < -0.4 is 5.32 Å². The van der Waals surface area contributed by atoms with E-state index >= 15 is 0 Å². The van der Waals surface area contributed by atoms with Crippen LogP contribution in [0, 0.1) is 0 Å². The van der Waals surface area contributed by atoms with E-state index in [0.29, 0.717) is 0 Å². The number of carbonyl (C=O) groups excluding carboxylic acids is 2. The second-order valence-corrected chi connectivity index (χ2v) is 5.41. The standard InChI is InChI=1S/C16H22N2O3/c1-4-11(2)17-16(20)15-14(12-8-6-5-7-9-12)18(3)13(19)10-21-15/h5-9,11,14-15H,4,10H2,1-3H3,(H,17,20)/t11-,14+,15-/m0/s1. The van der Waals surface area contributed by atoms with Gasteiger partial charge in [-0.1, -0.05) is 37.3 Å². The first-order valence-electron chi connectivity index (χ1n) is 7.27. The molecule has 0 aliphatic carbocycles. The number of ether oxygens (including phenoxy) is 1. The summed E-state index contributed by atoms with van der Waals surface area (Å²) < 4.78 is 5.53. The molecule has 114 valence electrons. The predicted octanol–water partition coefficient (Wildman–Crippen LogP) is 1.50. The molecule has 1 aromatic carbocycles. The average molecular weight is 290 g/mol. The number of rotatable bonds is 4. The maximum absolute atomic E-state index is 12.4. The summed E-state index contributed by atoms with van der Waals surface area (Å²) in [6.45, 7) is 3.91. The molecule has 1 aliphatic rings. The first-order valence-corrected chi connectivity index (χ1v) is 7.27. The number of likely N-dealkylation sites (N-methyl/N-ethyl adjacent to an activating group) is 1. The summed E-state index contributed by atoms with van der Waals surface area (Å²) in [5.74, 6) is -0.283. The number of morpholine rings is 1. The highest BCUT2D eigenvalue weighted by molar-refractivity contribution is 5.86. The van der Waals surface area contributed by atoms with Crippen LogP contribution in [-0.2, 0) is 14.3 Å². The predicted molar refractivity (Wildman–Crippen MR) is 79.6 cm³/mol. The fraction of sp³-hybridized carbons (Fsp3) is 0.500. The maximum atomic E-state index is 12.4. The van der Waals surface area contributed by atoms with Crippen LogP contribution in [0.25, 0.3) is 0 Å². The Labute approximate surface area is 125 Å². The molecule has 0 bridgehead atoms. The van der Waals surface area contributed by atoms with Gasteiger partial charge in [0.05, 0.1) is 6.04 Å². The number of amides is 2. The number of benzene rings is 1. The van der Waals surface area contributed by atoms with Gasteiger partial charge in [-0.2, -0.15) is 0 Å². The Kier molecular flexibility index (Phi) is 4.96. The Hall–Kier alpha value is -1.88. The molecule has 5 nitrogen and oxygen atoms in total. The van der Waals surface area contributed by atoms with Crippen LogP contribution in [-0.4, -0.2) is 42.5 Å². The van der Waals surface area contributed by atoms with E-state index in [1.165, 1.54) is 0 Å². The van der Waals surface area contributed by atoms with Gasteiger partial charge in [0.15, 0.2) is 6.10 Å². The van der Waals surface area contributed by atoms with Gasteiger partial charge in [0.1, 0.15) is 6.61 Å². The van der Waals surface area contributed by atoms with Crippen LogP contribution in [0.2, 0.25) is 0 Å². The summed E-state index contributed by atoms with van der Waals surface area (Å²) in [5.41, 5.74) is 0.900. The lowest BCUT2D eigenvalue weighted by Gasteiger charge is -2.38. The van der Waals surface area contributed by atoms with Crippen molar-refractivity contribution >= 4 is 11.8 Å². The lowest BCUT2D eigenvalue weighted by Crippen LogP contribution is -2.54. The summed E-state index contributed by atoms with van der Waals surface area (Å²) >= 11 is 0. The van der Waals surface area contributed by atoms with E-state index in [9.17, 15) is 9.59 Å². The van der Waals surface area contributed by atoms with E-state index in [0.717, 1.165) is 12.0 Å². The molecule has 1 fully saturated rings. The smallest absolute Gasteiger partial charge is 0.251 e. The van der Waals surface area contributed by atoms with Crippen molar-refractivity contribution in [1.82, 2.24) is 10.2 Å². The molecule has 0 radical (unpaired) electrons. The van der Waals surface area contributed by atoms with Crippen LogP contribution in [0.15, 0.2) is 30.3 Å². The molecule has 1 heterocycles. The Morgan fingerprint density at radius 3 is 2.71 bits per heavy atom. The van der Waals surface area contributed by atoms with Crippen molar-refractivity contribution in [3.63, 3.8) is 0 Å². The Morgan fingerprint density at radius 2 is 2.10 bits per heavy atom. The van der Waals surface area contributed by atoms with Gasteiger partial charge in [-0.05, 0) is 18.9 Å². The maximum Gasteiger partial charge on any atom is 0.251 e. The van der Waals surface area contributed by atoms with Crippen LogP contribution in [0.4, 0.5) is 0 Å². The summed E-state index contributed by atoms with van der Waals surface area (Å²) in [6, 6.07) is 9.21. The highest BCUT2D eigenvalue weighted by Crippen LogP contribution is 2.29. The number of hydrogen-bond acceptors (Lipinski definition) is 3. The van der Waals surface area contributed by atoms with Gasteiger partial charge in [-0.15, -0.1) is 0 Å². The van der Waals surface area contributed by atoms with E-state index in [2.05, 4.69) is 5.32 Å².